The average Bonchev–Trinajstić information content (AvgIpc) is 2.37. The first-order valence-electron chi connectivity index (χ1n) is 5.17. The van der Waals surface area contributed by atoms with Gasteiger partial charge in [-0.3, -0.25) is 14.9 Å². The number of likely N-dealkylation sites (N-methyl/N-ethyl adjacent to an activating group) is 1. The Morgan fingerprint density at radius 3 is 2.60 bits per heavy atom. The van der Waals surface area contributed by atoms with Gasteiger partial charge in [0.2, 0.25) is 10.0 Å². The van der Waals surface area contributed by atoms with Crippen LogP contribution >= 0.6 is 11.6 Å². The summed E-state index contributed by atoms with van der Waals surface area (Å²) in [7, 11) is -1.98. The van der Waals surface area contributed by atoms with E-state index in [1.807, 2.05) is 0 Å². The van der Waals surface area contributed by atoms with Crippen molar-refractivity contribution in [3.63, 3.8) is 0 Å². The molecule has 0 aromatic heterocycles. The highest BCUT2D eigenvalue weighted by Gasteiger charge is 2.30. The number of nitro groups is 1. The van der Waals surface area contributed by atoms with Gasteiger partial charge in [-0.15, -0.1) is 0 Å². The van der Waals surface area contributed by atoms with E-state index in [2.05, 4.69) is 4.74 Å². The fraction of sp³-hybridized carbons (Fsp3) is 0.300. The van der Waals surface area contributed by atoms with Gasteiger partial charge in [-0.2, -0.15) is 4.31 Å². The van der Waals surface area contributed by atoms with Crippen molar-refractivity contribution in [2.75, 3.05) is 20.7 Å². The van der Waals surface area contributed by atoms with Crippen molar-refractivity contribution in [1.29, 1.82) is 0 Å². The van der Waals surface area contributed by atoms with Crippen molar-refractivity contribution in [2.24, 2.45) is 0 Å². The van der Waals surface area contributed by atoms with Crippen molar-refractivity contribution in [1.82, 2.24) is 4.31 Å². The molecule has 0 bridgehead atoms. The standard InChI is InChI=1S/C10H11ClN2O6S/c1-12(6-10(14)19-2)20(17,18)9-4-3-7(11)5-8(9)13(15)16/h3-5H,6H2,1-2H3. The summed E-state index contributed by atoms with van der Waals surface area (Å²) in [4.78, 5) is 20.6. The number of benzene rings is 1. The Bertz CT molecular complexity index is 645. The maximum absolute atomic E-state index is 12.2. The van der Waals surface area contributed by atoms with E-state index < -0.39 is 38.0 Å². The molecule has 0 atom stereocenters. The van der Waals surface area contributed by atoms with Gasteiger partial charge in [-0.1, -0.05) is 11.6 Å². The number of ether oxygens (including phenoxy) is 1. The van der Waals surface area contributed by atoms with Gasteiger partial charge in [-0.25, -0.2) is 8.42 Å². The molecule has 1 rings (SSSR count). The van der Waals surface area contributed by atoms with Gasteiger partial charge in [0.15, 0.2) is 4.90 Å². The number of carbonyl (C=O) groups excluding carboxylic acids is 1. The zero-order valence-corrected chi connectivity index (χ0v) is 12.1. The first-order valence-corrected chi connectivity index (χ1v) is 6.99. The molecular weight excluding hydrogens is 312 g/mol. The van der Waals surface area contributed by atoms with E-state index in [0.717, 1.165) is 26.3 Å². The second-order valence-corrected chi connectivity index (χ2v) is 6.16. The molecule has 110 valence electrons. The summed E-state index contributed by atoms with van der Waals surface area (Å²) in [5.74, 6) is -0.785. The summed E-state index contributed by atoms with van der Waals surface area (Å²) < 4.78 is 29.4. The van der Waals surface area contributed by atoms with Gasteiger partial charge >= 0.3 is 5.97 Å². The molecule has 10 heteroatoms. The monoisotopic (exact) mass is 322 g/mol. The van der Waals surface area contributed by atoms with Crippen LogP contribution in [0.4, 0.5) is 5.69 Å². The predicted molar refractivity (Wildman–Crippen MR) is 69.9 cm³/mol. The van der Waals surface area contributed by atoms with E-state index in [0.29, 0.717) is 4.31 Å². The van der Waals surface area contributed by atoms with Crippen LogP contribution in [0.15, 0.2) is 23.1 Å². The van der Waals surface area contributed by atoms with Crippen LogP contribution in [0.3, 0.4) is 0 Å². The van der Waals surface area contributed by atoms with Crippen LogP contribution in [-0.4, -0.2) is 44.3 Å². The number of rotatable bonds is 5. The maximum atomic E-state index is 12.2. The average molecular weight is 323 g/mol. The minimum Gasteiger partial charge on any atom is -0.468 e. The molecule has 0 spiro atoms. The molecule has 8 nitrogen and oxygen atoms in total. The Kier molecular flexibility index (Phi) is 5.03. The van der Waals surface area contributed by atoms with E-state index in [4.69, 9.17) is 11.6 Å². The third-order valence-electron chi connectivity index (χ3n) is 2.39. The third kappa shape index (κ3) is 3.44. The van der Waals surface area contributed by atoms with Crippen LogP contribution in [-0.2, 0) is 19.6 Å². The molecule has 0 unspecified atom stereocenters. The van der Waals surface area contributed by atoms with Crippen LogP contribution < -0.4 is 0 Å². The van der Waals surface area contributed by atoms with Crippen molar-refractivity contribution in [2.45, 2.75) is 4.90 Å². The molecule has 20 heavy (non-hydrogen) atoms. The van der Waals surface area contributed by atoms with Crippen LogP contribution in [0.5, 0.6) is 0 Å². The lowest BCUT2D eigenvalue weighted by Gasteiger charge is -2.15. The maximum Gasteiger partial charge on any atom is 0.321 e. The highest BCUT2D eigenvalue weighted by molar-refractivity contribution is 7.89. The number of esters is 1. The smallest absolute Gasteiger partial charge is 0.321 e. The molecule has 0 aliphatic heterocycles. The number of halogens is 1. The Morgan fingerprint density at radius 1 is 1.50 bits per heavy atom. The molecule has 0 saturated carbocycles. The van der Waals surface area contributed by atoms with Gasteiger partial charge in [0.05, 0.1) is 12.0 Å². The molecule has 0 amide bonds. The Balaban J connectivity index is 3.28. The van der Waals surface area contributed by atoms with Gasteiger partial charge in [-0.05, 0) is 12.1 Å². The second kappa shape index (κ2) is 6.16. The third-order valence-corrected chi connectivity index (χ3v) is 4.47. The fourth-order valence-electron chi connectivity index (χ4n) is 1.35. The van der Waals surface area contributed by atoms with Gasteiger partial charge in [0, 0.05) is 18.1 Å². The molecule has 0 heterocycles. The van der Waals surface area contributed by atoms with Crippen LogP contribution in [0.1, 0.15) is 0 Å². The van der Waals surface area contributed by atoms with Crippen LogP contribution in [0.25, 0.3) is 0 Å². The molecular formula is C10H11ClN2O6S. The SMILES string of the molecule is COC(=O)CN(C)S(=O)(=O)c1ccc(Cl)cc1[N+](=O)[O-]. The van der Waals surface area contributed by atoms with Crippen LogP contribution in [0.2, 0.25) is 5.02 Å². The fourth-order valence-corrected chi connectivity index (χ4v) is 2.77. The molecule has 0 fully saturated rings. The van der Waals surface area contributed by atoms with E-state index in [1.165, 1.54) is 6.07 Å². The van der Waals surface area contributed by atoms with E-state index in [-0.39, 0.29) is 5.02 Å². The van der Waals surface area contributed by atoms with Crippen molar-refractivity contribution >= 4 is 33.3 Å². The molecule has 0 aliphatic rings. The lowest BCUT2D eigenvalue weighted by atomic mass is 10.3. The summed E-state index contributed by atoms with van der Waals surface area (Å²) in [6.07, 6.45) is 0. The number of carbonyl (C=O) groups is 1. The predicted octanol–water partition coefficient (Wildman–Crippen LogP) is 1.04. The molecule has 0 aliphatic carbocycles. The van der Waals surface area contributed by atoms with E-state index >= 15 is 0 Å². The minimum absolute atomic E-state index is 0.0336. The lowest BCUT2D eigenvalue weighted by Crippen LogP contribution is -2.33. The summed E-state index contributed by atoms with van der Waals surface area (Å²) in [5.41, 5.74) is -0.658. The number of nitrogens with zero attached hydrogens (tertiary/aromatic N) is 2. The zero-order valence-electron chi connectivity index (χ0n) is 10.6. The lowest BCUT2D eigenvalue weighted by molar-refractivity contribution is -0.387. The number of nitro benzene ring substituents is 1. The summed E-state index contributed by atoms with van der Waals surface area (Å²) in [6, 6.07) is 3.16. The van der Waals surface area contributed by atoms with Crippen molar-refractivity contribution in [3.8, 4) is 0 Å². The Morgan fingerprint density at radius 2 is 2.10 bits per heavy atom. The number of sulfonamides is 1. The molecule has 1 aromatic rings. The summed E-state index contributed by atoms with van der Waals surface area (Å²) in [6.45, 7) is -0.557. The second-order valence-electron chi connectivity index (χ2n) is 3.71. The Labute approximate surface area is 120 Å². The molecule has 0 N–H and O–H groups in total. The van der Waals surface area contributed by atoms with Crippen molar-refractivity contribution in [3.05, 3.63) is 33.3 Å². The minimum atomic E-state index is -4.20. The largest absolute Gasteiger partial charge is 0.468 e. The van der Waals surface area contributed by atoms with Crippen molar-refractivity contribution < 1.29 is 22.9 Å². The topological polar surface area (TPSA) is 107 Å². The normalized spacial score (nSPS) is 11.4. The van der Waals surface area contributed by atoms with Gasteiger partial charge < -0.3 is 4.74 Å². The number of hydrogen-bond acceptors (Lipinski definition) is 6. The first kappa shape index (κ1) is 16.3. The van der Waals surface area contributed by atoms with E-state index in [9.17, 15) is 23.3 Å². The summed E-state index contributed by atoms with van der Waals surface area (Å²) in [5, 5.41) is 10.9. The quantitative estimate of drug-likeness (QED) is 0.455. The van der Waals surface area contributed by atoms with E-state index in [1.54, 1.807) is 0 Å². The Hall–Kier alpha value is -1.71. The highest BCUT2D eigenvalue weighted by atomic mass is 35.5. The highest BCUT2D eigenvalue weighted by Crippen LogP contribution is 2.28. The molecule has 1 aromatic carbocycles. The van der Waals surface area contributed by atoms with Gasteiger partial charge in [0.25, 0.3) is 5.69 Å². The number of methoxy groups -OCH3 is 1. The molecule has 0 saturated heterocycles. The first-order chi connectivity index (χ1) is 9.20. The zero-order chi connectivity index (χ0) is 15.5. The number of hydrogen-bond donors (Lipinski definition) is 0. The molecule has 0 radical (unpaired) electrons. The van der Waals surface area contributed by atoms with Crippen LogP contribution in [0, 0.1) is 10.1 Å². The summed E-state index contributed by atoms with van der Waals surface area (Å²) >= 11 is 5.61. The van der Waals surface area contributed by atoms with Gasteiger partial charge in [0.1, 0.15) is 6.54 Å².